The molecule has 0 heterocycles. The van der Waals surface area contributed by atoms with E-state index in [0.717, 1.165) is 41.9 Å². The zero-order valence-electron chi connectivity index (χ0n) is 20.0. The lowest BCUT2D eigenvalue weighted by Gasteiger charge is -2.31. The molecule has 1 aliphatic carbocycles. The Morgan fingerprint density at radius 2 is 1.72 bits per heavy atom. The second-order valence-electron chi connectivity index (χ2n) is 9.28. The van der Waals surface area contributed by atoms with Crippen molar-refractivity contribution in [3.8, 4) is 0 Å². The number of carbonyl (C=O) groups excluding carboxylic acids is 1. The highest BCUT2D eigenvalue weighted by molar-refractivity contribution is 6.32. The number of carbonyl (C=O) groups is 1. The molecule has 0 atom stereocenters. The first kappa shape index (κ1) is 24.4. The van der Waals surface area contributed by atoms with Crippen LogP contribution in [0.3, 0.4) is 0 Å². The molecule has 3 N–H and O–H groups in total. The third kappa shape index (κ3) is 5.58. The molecule has 0 aromatic heterocycles. The van der Waals surface area contributed by atoms with Gasteiger partial charge in [-0.3, -0.25) is 4.90 Å². The van der Waals surface area contributed by atoms with E-state index in [-0.39, 0.29) is 6.03 Å². The number of anilines is 3. The first-order chi connectivity index (χ1) is 15.3. The zero-order valence-corrected chi connectivity index (χ0v) is 20.8. The second kappa shape index (κ2) is 11.1. The van der Waals surface area contributed by atoms with Crippen molar-refractivity contribution < 1.29 is 4.79 Å². The van der Waals surface area contributed by atoms with Crippen molar-refractivity contribution in [2.75, 3.05) is 22.5 Å². The number of urea groups is 1. The van der Waals surface area contributed by atoms with Crippen LogP contribution in [-0.2, 0) is 12.8 Å². The fourth-order valence-electron chi connectivity index (χ4n) is 4.78. The number of hydrogen-bond acceptors (Lipinski definition) is 2. The van der Waals surface area contributed by atoms with Gasteiger partial charge in [-0.15, -0.1) is 0 Å². The Balaban J connectivity index is 1.95. The fraction of sp³-hybridized carbons (Fsp3) is 0.519. The maximum atomic E-state index is 13.7. The summed E-state index contributed by atoms with van der Waals surface area (Å²) in [4.78, 5) is 15.6. The van der Waals surface area contributed by atoms with Crippen LogP contribution in [0.2, 0.25) is 5.02 Å². The van der Waals surface area contributed by atoms with Crippen LogP contribution >= 0.6 is 11.6 Å². The van der Waals surface area contributed by atoms with E-state index in [1.54, 1.807) is 6.07 Å². The number of amides is 2. The molecule has 0 unspecified atom stereocenters. The summed E-state index contributed by atoms with van der Waals surface area (Å²) in [7, 11) is 0. The minimum absolute atomic E-state index is 0.112. The Kier molecular flexibility index (Phi) is 8.47. The van der Waals surface area contributed by atoms with E-state index in [1.165, 1.54) is 37.7 Å². The Labute approximate surface area is 198 Å². The summed E-state index contributed by atoms with van der Waals surface area (Å²) in [5.74, 6) is 0.985. The topological polar surface area (TPSA) is 58.4 Å². The number of nitrogen functional groups attached to an aromatic ring is 1. The van der Waals surface area contributed by atoms with E-state index in [0.29, 0.717) is 22.5 Å². The predicted molar refractivity (Wildman–Crippen MR) is 138 cm³/mol. The Morgan fingerprint density at radius 1 is 1.09 bits per heavy atom. The molecule has 2 amide bonds. The summed E-state index contributed by atoms with van der Waals surface area (Å²) in [5.41, 5.74) is 11.8. The molecule has 2 aromatic carbocycles. The number of benzene rings is 2. The summed E-state index contributed by atoms with van der Waals surface area (Å²) < 4.78 is 0. The first-order valence-electron chi connectivity index (χ1n) is 12.1. The van der Waals surface area contributed by atoms with E-state index >= 15 is 0 Å². The average Bonchev–Trinajstić information content (AvgIpc) is 2.78. The van der Waals surface area contributed by atoms with Crippen molar-refractivity contribution in [1.82, 2.24) is 0 Å². The zero-order chi connectivity index (χ0) is 23.3. The molecule has 174 valence electrons. The highest BCUT2D eigenvalue weighted by atomic mass is 35.5. The average molecular weight is 456 g/mol. The molecule has 2 aromatic rings. The van der Waals surface area contributed by atoms with E-state index in [1.807, 2.05) is 4.90 Å². The highest BCUT2D eigenvalue weighted by Crippen LogP contribution is 2.35. The Hall–Kier alpha value is -2.20. The van der Waals surface area contributed by atoms with Crippen molar-refractivity contribution in [2.45, 2.75) is 78.6 Å². The Morgan fingerprint density at radius 3 is 2.28 bits per heavy atom. The molecule has 0 spiro atoms. The van der Waals surface area contributed by atoms with E-state index in [4.69, 9.17) is 17.3 Å². The van der Waals surface area contributed by atoms with Crippen molar-refractivity contribution in [3.05, 3.63) is 52.0 Å². The predicted octanol–water partition coefficient (Wildman–Crippen LogP) is 7.79. The molecule has 0 radical (unpaired) electrons. The minimum atomic E-state index is -0.112. The quantitative estimate of drug-likeness (QED) is 0.418. The van der Waals surface area contributed by atoms with Crippen LogP contribution in [0.5, 0.6) is 0 Å². The van der Waals surface area contributed by atoms with Gasteiger partial charge in [0, 0.05) is 22.9 Å². The number of nitrogens with two attached hydrogens (primary N) is 1. The lowest BCUT2D eigenvalue weighted by Crippen LogP contribution is -2.39. The standard InChI is InChI=1S/C27H38ClN3O/c1-5-22-24(28)16-25(29)23(6-2)26(22)30-27(32)31(17-19-10-8-7-9-11-19)21-14-12-20(13-15-21)18(3)4/h12-16,18-19H,5-11,17,29H2,1-4H3,(H,30,32). The van der Waals surface area contributed by atoms with Gasteiger partial charge in [-0.2, -0.15) is 0 Å². The normalized spacial score (nSPS) is 14.6. The van der Waals surface area contributed by atoms with Gasteiger partial charge >= 0.3 is 6.03 Å². The molecular weight excluding hydrogens is 418 g/mol. The van der Waals surface area contributed by atoms with Gasteiger partial charge in [0.1, 0.15) is 0 Å². The van der Waals surface area contributed by atoms with Gasteiger partial charge in [-0.25, -0.2) is 4.79 Å². The molecule has 1 saturated carbocycles. The molecule has 1 fully saturated rings. The lowest BCUT2D eigenvalue weighted by molar-refractivity contribution is 0.254. The highest BCUT2D eigenvalue weighted by Gasteiger charge is 2.25. The molecule has 5 heteroatoms. The van der Waals surface area contributed by atoms with E-state index < -0.39 is 0 Å². The molecule has 3 rings (SSSR count). The van der Waals surface area contributed by atoms with E-state index in [2.05, 4.69) is 57.3 Å². The fourth-order valence-corrected chi connectivity index (χ4v) is 5.13. The number of nitrogens with zero attached hydrogens (tertiary/aromatic N) is 1. The molecule has 0 saturated heterocycles. The van der Waals surface area contributed by atoms with E-state index in [9.17, 15) is 4.79 Å². The van der Waals surface area contributed by atoms with Gasteiger partial charge in [-0.1, -0.05) is 70.7 Å². The Bertz CT molecular complexity index is 889. The third-order valence-corrected chi connectivity index (χ3v) is 7.08. The SMILES string of the molecule is CCc1c(N)cc(Cl)c(CC)c1NC(=O)N(CC1CCCCC1)c1ccc(C(C)C)cc1. The van der Waals surface area contributed by atoms with Crippen LogP contribution in [0.4, 0.5) is 21.9 Å². The molecule has 4 nitrogen and oxygen atoms in total. The lowest BCUT2D eigenvalue weighted by atomic mass is 9.89. The van der Waals surface area contributed by atoms with Gasteiger partial charge in [0.05, 0.1) is 5.69 Å². The van der Waals surface area contributed by atoms with Crippen LogP contribution in [0.25, 0.3) is 0 Å². The van der Waals surface area contributed by atoms with Crippen molar-refractivity contribution >= 4 is 34.7 Å². The van der Waals surface area contributed by atoms with Crippen LogP contribution in [-0.4, -0.2) is 12.6 Å². The van der Waals surface area contributed by atoms with Gasteiger partial charge in [0.2, 0.25) is 0 Å². The summed E-state index contributed by atoms with van der Waals surface area (Å²) >= 11 is 6.50. The summed E-state index contributed by atoms with van der Waals surface area (Å²) in [5, 5.41) is 3.82. The molecular formula is C27H38ClN3O. The molecule has 0 bridgehead atoms. The first-order valence-corrected chi connectivity index (χ1v) is 12.5. The summed E-state index contributed by atoms with van der Waals surface area (Å²) in [6.45, 7) is 9.20. The monoisotopic (exact) mass is 455 g/mol. The van der Waals surface area contributed by atoms with Crippen LogP contribution in [0, 0.1) is 5.92 Å². The number of hydrogen-bond donors (Lipinski definition) is 2. The maximum absolute atomic E-state index is 13.7. The van der Waals surface area contributed by atoms with Gasteiger partial charge in [-0.05, 0) is 72.4 Å². The minimum Gasteiger partial charge on any atom is -0.398 e. The van der Waals surface area contributed by atoms with Crippen LogP contribution < -0.4 is 16.0 Å². The van der Waals surface area contributed by atoms with Crippen LogP contribution in [0.15, 0.2) is 30.3 Å². The van der Waals surface area contributed by atoms with Crippen molar-refractivity contribution in [3.63, 3.8) is 0 Å². The molecule has 32 heavy (non-hydrogen) atoms. The maximum Gasteiger partial charge on any atom is 0.326 e. The molecule has 1 aliphatic rings. The molecule has 0 aliphatic heterocycles. The van der Waals surface area contributed by atoms with Gasteiger partial charge < -0.3 is 11.1 Å². The second-order valence-corrected chi connectivity index (χ2v) is 9.69. The largest absolute Gasteiger partial charge is 0.398 e. The number of nitrogens with one attached hydrogen (secondary N) is 1. The van der Waals surface area contributed by atoms with Crippen molar-refractivity contribution in [1.29, 1.82) is 0 Å². The van der Waals surface area contributed by atoms with Crippen molar-refractivity contribution in [2.24, 2.45) is 5.92 Å². The smallest absolute Gasteiger partial charge is 0.326 e. The summed E-state index contributed by atoms with van der Waals surface area (Å²) in [6.07, 6.45) is 7.61. The summed E-state index contributed by atoms with van der Waals surface area (Å²) in [6, 6.07) is 10.1. The van der Waals surface area contributed by atoms with Gasteiger partial charge in [0.25, 0.3) is 0 Å². The van der Waals surface area contributed by atoms with Gasteiger partial charge in [0.15, 0.2) is 0 Å². The third-order valence-electron chi connectivity index (χ3n) is 6.74. The number of halogens is 1. The van der Waals surface area contributed by atoms with Crippen LogP contribution in [0.1, 0.15) is 82.4 Å². The number of rotatable bonds is 7.